The largest absolute Gasteiger partial charge is 0.497 e. The van der Waals surface area contributed by atoms with E-state index in [2.05, 4.69) is 20.3 Å². The van der Waals surface area contributed by atoms with E-state index in [4.69, 9.17) is 17.0 Å². The molecule has 0 unspecified atom stereocenters. The van der Waals surface area contributed by atoms with Crippen molar-refractivity contribution in [1.29, 1.82) is 0 Å². The molecule has 29 heavy (non-hydrogen) atoms. The van der Waals surface area contributed by atoms with Gasteiger partial charge in [-0.05, 0) is 42.0 Å². The number of aromatic amines is 2. The van der Waals surface area contributed by atoms with Crippen LogP contribution in [0.2, 0.25) is 0 Å². The number of amides is 1. The number of benzene rings is 1. The van der Waals surface area contributed by atoms with Gasteiger partial charge in [-0.2, -0.15) is 0 Å². The third-order valence-electron chi connectivity index (χ3n) is 4.72. The van der Waals surface area contributed by atoms with E-state index in [0.29, 0.717) is 23.3 Å². The Labute approximate surface area is 170 Å². The summed E-state index contributed by atoms with van der Waals surface area (Å²) in [5, 5.41) is 3.64. The fourth-order valence-electron chi connectivity index (χ4n) is 3.20. The van der Waals surface area contributed by atoms with Crippen LogP contribution in [0.25, 0.3) is 21.9 Å². The van der Waals surface area contributed by atoms with Crippen LogP contribution < -0.4 is 15.6 Å². The topological polar surface area (TPSA) is 105 Å². The Kier molecular flexibility index (Phi) is 5.13. The minimum atomic E-state index is -0.265. The van der Waals surface area contributed by atoms with Gasteiger partial charge in [-0.3, -0.25) is 19.1 Å². The van der Waals surface area contributed by atoms with Crippen molar-refractivity contribution in [3.05, 3.63) is 63.4 Å². The van der Waals surface area contributed by atoms with Gasteiger partial charge in [-0.15, -0.1) is 0 Å². The molecule has 0 saturated carbocycles. The molecule has 0 saturated heterocycles. The standard InChI is InChI=1S/C20H19N5O3S/c1-28-13-4-5-15-14(9-13)17-18(23-15)19(27)25(20(29)24-17)8-6-16(26)22-11-12-3-2-7-21-10-12/h2-5,7,9-10,23H,6,8,11H2,1H3,(H,22,26)(H,24,29). The second kappa shape index (κ2) is 7.88. The summed E-state index contributed by atoms with van der Waals surface area (Å²) < 4.78 is 6.93. The summed E-state index contributed by atoms with van der Waals surface area (Å²) in [6.45, 7) is 0.568. The lowest BCUT2D eigenvalue weighted by molar-refractivity contribution is -0.121. The van der Waals surface area contributed by atoms with Crippen LogP contribution in [0.1, 0.15) is 12.0 Å². The molecule has 4 rings (SSSR count). The first-order chi connectivity index (χ1) is 14.1. The van der Waals surface area contributed by atoms with Gasteiger partial charge in [0.2, 0.25) is 5.91 Å². The van der Waals surface area contributed by atoms with Gasteiger partial charge in [-0.1, -0.05) is 6.07 Å². The van der Waals surface area contributed by atoms with Gasteiger partial charge in [0.25, 0.3) is 5.56 Å². The van der Waals surface area contributed by atoms with Crippen molar-refractivity contribution in [2.45, 2.75) is 19.5 Å². The summed E-state index contributed by atoms with van der Waals surface area (Å²) >= 11 is 5.37. The van der Waals surface area contributed by atoms with Crippen LogP contribution in [-0.2, 0) is 17.9 Å². The summed E-state index contributed by atoms with van der Waals surface area (Å²) in [5.41, 5.74) is 2.49. The molecule has 0 aliphatic rings. The summed E-state index contributed by atoms with van der Waals surface area (Å²) in [4.78, 5) is 35.4. The molecule has 0 radical (unpaired) electrons. The zero-order valence-corrected chi connectivity index (χ0v) is 16.5. The maximum absolute atomic E-state index is 12.9. The van der Waals surface area contributed by atoms with Gasteiger partial charge in [0.05, 0.1) is 12.6 Å². The molecule has 148 valence electrons. The Morgan fingerprint density at radius 2 is 2.14 bits per heavy atom. The minimum Gasteiger partial charge on any atom is -0.497 e. The van der Waals surface area contributed by atoms with E-state index in [9.17, 15) is 9.59 Å². The fraction of sp³-hybridized carbons (Fsp3) is 0.200. The summed E-state index contributed by atoms with van der Waals surface area (Å²) in [7, 11) is 1.59. The second-order valence-corrected chi connectivity index (χ2v) is 6.95. The normalized spacial score (nSPS) is 11.1. The van der Waals surface area contributed by atoms with Crippen molar-refractivity contribution in [2.75, 3.05) is 7.11 Å². The predicted octanol–water partition coefficient (Wildman–Crippen LogP) is 2.65. The number of hydrogen-bond acceptors (Lipinski definition) is 5. The Balaban J connectivity index is 1.56. The van der Waals surface area contributed by atoms with E-state index in [1.165, 1.54) is 4.57 Å². The molecule has 3 aromatic heterocycles. The molecule has 9 heteroatoms. The molecular weight excluding hydrogens is 390 g/mol. The maximum atomic E-state index is 12.9. The van der Waals surface area contributed by atoms with Crippen LogP contribution >= 0.6 is 12.2 Å². The first-order valence-electron chi connectivity index (χ1n) is 9.05. The molecule has 1 aromatic carbocycles. The summed E-state index contributed by atoms with van der Waals surface area (Å²) in [6.07, 6.45) is 3.51. The molecule has 4 aromatic rings. The first kappa shape index (κ1) is 18.9. The number of nitrogens with zero attached hydrogens (tertiary/aromatic N) is 2. The molecule has 8 nitrogen and oxygen atoms in total. The van der Waals surface area contributed by atoms with E-state index in [1.54, 1.807) is 19.5 Å². The number of hydrogen-bond donors (Lipinski definition) is 3. The van der Waals surface area contributed by atoms with Gasteiger partial charge in [0.15, 0.2) is 4.77 Å². The number of nitrogens with one attached hydrogen (secondary N) is 3. The summed E-state index contributed by atoms with van der Waals surface area (Å²) in [5.74, 6) is 0.517. The van der Waals surface area contributed by atoms with E-state index in [-0.39, 0.29) is 29.2 Å². The second-order valence-electron chi connectivity index (χ2n) is 6.56. The Bertz CT molecular complexity index is 1310. The van der Waals surface area contributed by atoms with Crippen LogP contribution in [0.5, 0.6) is 5.75 Å². The monoisotopic (exact) mass is 409 g/mol. The Morgan fingerprint density at radius 1 is 1.28 bits per heavy atom. The van der Waals surface area contributed by atoms with Crippen molar-refractivity contribution < 1.29 is 9.53 Å². The molecule has 0 fully saturated rings. The van der Waals surface area contributed by atoms with Crippen LogP contribution in [0.15, 0.2) is 47.5 Å². The number of methoxy groups -OCH3 is 1. The molecule has 1 amide bonds. The van der Waals surface area contributed by atoms with Gasteiger partial charge >= 0.3 is 0 Å². The van der Waals surface area contributed by atoms with Crippen molar-refractivity contribution in [2.24, 2.45) is 0 Å². The van der Waals surface area contributed by atoms with Gasteiger partial charge in [0.1, 0.15) is 11.3 Å². The summed E-state index contributed by atoms with van der Waals surface area (Å²) in [6, 6.07) is 9.20. The van der Waals surface area contributed by atoms with Crippen LogP contribution in [0.3, 0.4) is 0 Å². The van der Waals surface area contributed by atoms with Gasteiger partial charge in [-0.25, -0.2) is 0 Å². The number of H-pyrrole nitrogens is 2. The number of carbonyl (C=O) groups is 1. The van der Waals surface area contributed by atoms with Gasteiger partial charge in [0, 0.05) is 42.8 Å². The van der Waals surface area contributed by atoms with Gasteiger partial charge < -0.3 is 20.0 Å². The smallest absolute Gasteiger partial charge is 0.278 e. The zero-order chi connectivity index (χ0) is 20.4. The number of ether oxygens (including phenoxy) is 1. The van der Waals surface area contributed by atoms with Crippen molar-refractivity contribution in [3.8, 4) is 5.75 Å². The highest BCUT2D eigenvalue weighted by molar-refractivity contribution is 7.71. The lowest BCUT2D eigenvalue weighted by atomic mass is 10.2. The van der Waals surface area contributed by atoms with E-state index in [0.717, 1.165) is 16.5 Å². The lowest BCUT2D eigenvalue weighted by Gasteiger charge is -2.08. The Morgan fingerprint density at radius 3 is 2.90 bits per heavy atom. The van der Waals surface area contributed by atoms with Crippen LogP contribution in [0, 0.1) is 4.77 Å². The number of carbonyl (C=O) groups excluding carboxylic acids is 1. The number of fused-ring (bicyclic) bond motifs is 3. The predicted molar refractivity (Wildman–Crippen MR) is 113 cm³/mol. The number of rotatable bonds is 6. The molecule has 0 bridgehead atoms. The minimum absolute atomic E-state index is 0.136. The lowest BCUT2D eigenvalue weighted by Crippen LogP contribution is -2.28. The maximum Gasteiger partial charge on any atom is 0.278 e. The molecule has 3 heterocycles. The quantitative estimate of drug-likeness (QED) is 0.425. The van der Waals surface area contributed by atoms with Crippen molar-refractivity contribution in [1.82, 2.24) is 24.8 Å². The average molecular weight is 409 g/mol. The molecule has 0 aliphatic carbocycles. The van der Waals surface area contributed by atoms with Crippen molar-refractivity contribution >= 4 is 40.1 Å². The first-order valence-corrected chi connectivity index (χ1v) is 9.46. The van der Waals surface area contributed by atoms with Crippen LogP contribution in [-0.4, -0.2) is 32.5 Å². The Hall–Kier alpha value is -3.46. The molecule has 3 N–H and O–H groups in total. The highest BCUT2D eigenvalue weighted by Crippen LogP contribution is 2.25. The highest BCUT2D eigenvalue weighted by atomic mass is 32.1. The van der Waals surface area contributed by atoms with E-state index < -0.39 is 0 Å². The number of pyridine rings is 1. The molecule has 0 aliphatic heterocycles. The van der Waals surface area contributed by atoms with E-state index in [1.807, 2.05) is 30.3 Å². The number of aromatic nitrogens is 4. The van der Waals surface area contributed by atoms with Crippen molar-refractivity contribution in [3.63, 3.8) is 0 Å². The SMILES string of the molecule is COc1ccc2[nH]c3c(=O)n(CCC(=O)NCc4cccnc4)c(=S)[nH]c3c2c1. The fourth-order valence-corrected chi connectivity index (χ4v) is 3.47. The molecular formula is C20H19N5O3S. The average Bonchev–Trinajstić information content (AvgIpc) is 3.10. The molecule has 0 atom stereocenters. The van der Waals surface area contributed by atoms with Crippen LogP contribution in [0.4, 0.5) is 0 Å². The third-order valence-corrected chi connectivity index (χ3v) is 5.04. The highest BCUT2D eigenvalue weighted by Gasteiger charge is 2.13. The zero-order valence-electron chi connectivity index (χ0n) is 15.7. The third kappa shape index (κ3) is 3.77. The molecule has 0 spiro atoms. The van der Waals surface area contributed by atoms with E-state index >= 15 is 0 Å².